The third-order valence-electron chi connectivity index (χ3n) is 3.64. The Morgan fingerprint density at radius 1 is 1.13 bits per heavy atom. The van der Waals surface area contributed by atoms with Crippen molar-refractivity contribution in [1.29, 1.82) is 0 Å². The maximum absolute atomic E-state index is 12.9. The van der Waals surface area contributed by atoms with E-state index in [2.05, 4.69) is 15.5 Å². The topological polar surface area (TPSA) is 64.7 Å². The zero-order valence-electron chi connectivity index (χ0n) is 13.5. The number of hydrogen-bond donors (Lipinski definition) is 2. The summed E-state index contributed by atoms with van der Waals surface area (Å²) in [6.07, 6.45) is 0. The molecule has 1 fully saturated rings. The van der Waals surface area contributed by atoms with Crippen LogP contribution >= 0.6 is 0 Å². The van der Waals surface area contributed by atoms with E-state index in [1.165, 1.54) is 12.1 Å². The van der Waals surface area contributed by atoms with Crippen LogP contribution in [0.4, 0.5) is 14.9 Å². The van der Waals surface area contributed by atoms with E-state index >= 15 is 0 Å². The highest BCUT2D eigenvalue weighted by Gasteiger charge is 2.21. The number of hydrogen-bond acceptors (Lipinski definition) is 3. The molecule has 0 atom stereocenters. The number of nitrogens with zero attached hydrogens (tertiary/aromatic N) is 2. The average Bonchev–Trinajstić information content (AvgIpc) is 2.53. The molecule has 2 N–H and O–H groups in total. The lowest BCUT2D eigenvalue weighted by atomic mass is 10.2. The van der Waals surface area contributed by atoms with Crippen LogP contribution in [-0.4, -0.2) is 55.6 Å². The fraction of sp³-hybridized carbons (Fsp3) is 0.500. The van der Waals surface area contributed by atoms with Crippen molar-refractivity contribution in [1.82, 2.24) is 15.5 Å². The van der Waals surface area contributed by atoms with Gasteiger partial charge >= 0.3 is 6.03 Å². The molecule has 1 aromatic rings. The van der Waals surface area contributed by atoms with Gasteiger partial charge in [-0.25, -0.2) is 9.18 Å². The van der Waals surface area contributed by atoms with Crippen molar-refractivity contribution < 1.29 is 14.0 Å². The van der Waals surface area contributed by atoms with Crippen molar-refractivity contribution in [3.63, 3.8) is 0 Å². The summed E-state index contributed by atoms with van der Waals surface area (Å²) in [5.74, 6) is -0.351. The second-order valence-corrected chi connectivity index (χ2v) is 5.83. The third kappa shape index (κ3) is 5.12. The van der Waals surface area contributed by atoms with E-state index in [0.717, 1.165) is 5.69 Å². The third-order valence-corrected chi connectivity index (χ3v) is 3.64. The van der Waals surface area contributed by atoms with E-state index < -0.39 is 0 Å². The molecule has 7 heteroatoms. The fourth-order valence-corrected chi connectivity index (χ4v) is 2.45. The standard InChI is InChI=1S/C16H23FN4O2/c1-12(2)19-16(23)18-11-15(22)21-9-7-20(8-10-21)14-5-3-13(17)4-6-14/h3-6,12H,7-11H2,1-2H3,(H2,18,19,23). The van der Waals surface area contributed by atoms with Gasteiger partial charge in [-0.05, 0) is 38.1 Å². The lowest BCUT2D eigenvalue weighted by Crippen LogP contribution is -2.52. The Bertz CT molecular complexity index is 540. The van der Waals surface area contributed by atoms with Crippen LogP contribution in [0.2, 0.25) is 0 Å². The molecule has 0 bridgehead atoms. The average molecular weight is 322 g/mol. The summed E-state index contributed by atoms with van der Waals surface area (Å²) < 4.78 is 12.9. The van der Waals surface area contributed by atoms with Crippen LogP contribution in [0.1, 0.15) is 13.8 Å². The van der Waals surface area contributed by atoms with E-state index in [-0.39, 0.29) is 30.3 Å². The number of carbonyl (C=O) groups excluding carboxylic acids is 2. The van der Waals surface area contributed by atoms with Crippen molar-refractivity contribution in [3.05, 3.63) is 30.1 Å². The van der Waals surface area contributed by atoms with Gasteiger partial charge in [-0.1, -0.05) is 0 Å². The predicted molar refractivity (Wildman–Crippen MR) is 86.9 cm³/mol. The number of benzene rings is 1. The van der Waals surface area contributed by atoms with Gasteiger partial charge in [0.05, 0.1) is 6.54 Å². The van der Waals surface area contributed by atoms with Crippen molar-refractivity contribution in [2.45, 2.75) is 19.9 Å². The molecule has 2 rings (SSSR count). The number of amides is 3. The summed E-state index contributed by atoms with van der Waals surface area (Å²) >= 11 is 0. The molecule has 6 nitrogen and oxygen atoms in total. The van der Waals surface area contributed by atoms with Crippen LogP contribution in [-0.2, 0) is 4.79 Å². The van der Waals surface area contributed by atoms with Crippen molar-refractivity contribution in [2.75, 3.05) is 37.6 Å². The molecule has 1 aromatic carbocycles. The Morgan fingerprint density at radius 2 is 1.74 bits per heavy atom. The summed E-state index contributed by atoms with van der Waals surface area (Å²) in [6, 6.07) is 6.05. The van der Waals surface area contributed by atoms with Gasteiger partial charge in [0.25, 0.3) is 0 Å². The lowest BCUT2D eigenvalue weighted by Gasteiger charge is -2.36. The smallest absolute Gasteiger partial charge is 0.315 e. The van der Waals surface area contributed by atoms with Gasteiger partial charge < -0.3 is 20.4 Å². The molecule has 0 spiro atoms. The first-order chi connectivity index (χ1) is 11.0. The van der Waals surface area contributed by atoms with Crippen molar-refractivity contribution in [3.8, 4) is 0 Å². The number of nitrogens with one attached hydrogen (secondary N) is 2. The Morgan fingerprint density at radius 3 is 2.30 bits per heavy atom. The molecular formula is C16H23FN4O2. The predicted octanol–water partition coefficient (Wildman–Crippen LogP) is 1.18. The summed E-state index contributed by atoms with van der Waals surface area (Å²) in [4.78, 5) is 27.4. The van der Waals surface area contributed by atoms with Gasteiger partial charge in [-0.3, -0.25) is 4.79 Å². The number of piperazine rings is 1. The van der Waals surface area contributed by atoms with Gasteiger partial charge in [0, 0.05) is 37.9 Å². The van der Waals surface area contributed by atoms with Gasteiger partial charge in [0.1, 0.15) is 5.82 Å². The minimum atomic E-state index is -0.335. The normalized spacial score (nSPS) is 14.8. The van der Waals surface area contributed by atoms with Crippen LogP contribution in [0.5, 0.6) is 0 Å². The number of anilines is 1. The van der Waals surface area contributed by atoms with Gasteiger partial charge in [-0.2, -0.15) is 0 Å². The van der Waals surface area contributed by atoms with Gasteiger partial charge in [0.15, 0.2) is 0 Å². The summed E-state index contributed by atoms with van der Waals surface area (Å²) in [6.45, 7) is 6.26. The van der Waals surface area contributed by atoms with Crippen LogP contribution < -0.4 is 15.5 Å². The van der Waals surface area contributed by atoms with E-state index in [1.807, 2.05) is 13.8 Å². The first-order valence-corrected chi connectivity index (χ1v) is 7.78. The molecule has 1 heterocycles. The Balaban J connectivity index is 1.76. The van der Waals surface area contributed by atoms with E-state index in [0.29, 0.717) is 26.2 Å². The first kappa shape index (κ1) is 17.1. The monoisotopic (exact) mass is 322 g/mol. The molecule has 1 aliphatic heterocycles. The summed E-state index contributed by atoms with van der Waals surface area (Å²) in [7, 11) is 0. The second-order valence-electron chi connectivity index (χ2n) is 5.83. The maximum atomic E-state index is 12.9. The summed E-state index contributed by atoms with van der Waals surface area (Å²) in [5.41, 5.74) is 0.952. The van der Waals surface area contributed by atoms with Crippen LogP contribution in [0.25, 0.3) is 0 Å². The SMILES string of the molecule is CC(C)NC(=O)NCC(=O)N1CCN(c2ccc(F)cc2)CC1. The molecule has 0 unspecified atom stereocenters. The quantitative estimate of drug-likeness (QED) is 0.875. The van der Waals surface area contributed by atoms with Crippen molar-refractivity contribution >= 4 is 17.6 Å². The molecule has 3 amide bonds. The Hall–Kier alpha value is -2.31. The maximum Gasteiger partial charge on any atom is 0.315 e. The lowest BCUT2D eigenvalue weighted by molar-refractivity contribution is -0.130. The highest BCUT2D eigenvalue weighted by Crippen LogP contribution is 2.16. The van der Waals surface area contributed by atoms with E-state index in [9.17, 15) is 14.0 Å². The van der Waals surface area contributed by atoms with Gasteiger partial charge in [-0.15, -0.1) is 0 Å². The Kier molecular flexibility index (Phi) is 5.78. The number of urea groups is 1. The van der Waals surface area contributed by atoms with E-state index in [4.69, 9.17) is 0 Å². The number of rotatable bonds is 4. The molecule has 0 aromatic heterocycles. The molecule has 23 heavy (non-hydrogen) atoms. The molecule has 1 saturated heterocycles. The highest BCUT2D eigenvalue weighted by molar-refractivity contribution is 5.84. The number of carbonyl (C=O) groups is 2. The molecule has 126 valence electrons. The minimum Gasteiger partial charge on any atom is -0.368 e. The van der Waals surface area contributed by atoms with Crippen LogP contribution in [0.15, 0.2) is 24.3 Å². The zero-order chi connectivity index (χ0) is 16.8. The molecular weight excluding hydrogens is 299 g/mol. The van der Waals surface area contributed by atoms with Gasteiger partial charge in [0.2, 0.25) is 5.91 Å². The first-order valence-electron chi connectivity index (χ1n) is 7.78. The highest BCUT2D eigenvalue weighted by atomic mass is 19.1. The zero-order valence-corrected chi connectivity index (χ0v) is 13.5. The Labute approximate surface area is 135 Å². The largest absolute Gasteiger partial charge is 0.368 e. The van der Waals surface area contributed by atoms with Crippen LogP contribution in [0.3, 0.4) is 0 Å². The number of halogens is 1. The van der Waals surface area contributed by atoms with E-state index in [1.54, 1.807) is 17.0 Å². The van der Waals surface area contributed by atoms with Crippen molar-refractivity contribution in [2.24, 2.45) is 0 Å². The minimum absolute atomic E-state index is 0.00486. The second kappa shape index (κ2) is 7.80. The molecule has 0 radical (unpaired) electrons. The fourth-order valence-electron chi connectivity index (χ4n) is 2.45. The summed E-state index contributed by atoms with van der Waals surface area (Å²) in [5, 5.41) is 5.24. The molecule has 0 aliphatic carbocycles. The van der Waals surface area contributed by atoms with Crippen LogP contribution in [0, 0.1) is 5.82 Å². The molecule has 0 saturated carbocycles. The molecule has 1 aliphatic rings.